The molecule has 0 radical (unpaired) electrons. The number of hydrogen-bond acceptors (Lipinski definition) is 3. The van der Waals surface area contributed by atoms with Crippen molar-refractivity contribution < 1.29 is 4.79 Å². The smallest absolute Gasteiger partial charge is 0.224 e. The van der Waals surface area contributed by atoms with Crippen LogP contribution in [0, 0.1) is 0 Å². The number of aryl methyl sites for hydroxylation is 2. The predicted molar refractivity (Wildman–Crippen MR) is 88.0 cm³/mol. The average Bonchev–Trinajstić information content (AvgIpc) is 2.97. The zero-order valence-electron chi connectivity index (χ0n) is 12.4. The summed E-state index contributed by atoms with van der Waals surface area (Å²) in [6.07, 6.45) is 2.49. The molecule has 1 aliphatic rings. The molecule has 1 aromatic carbocycles. The number of nitrogens with one attached hydrogen (secondary N) is 2. The lowest BCUT2D eigenvalue weighted by Crippen LogP contribution is -2.21. The molecule has 0 saturated heterocycles. The Hall–Kier alpha value is -1.65. The number of benzene rings is 1. The third-order valence-corrected chi connectivity index (χ3v) is 5.26. The normalized spacial score (nSPS) is 15.4. The first-order valence-corrected chi connectivity index (χ1v) is 8.21. The summed E-state index contributed by atoms with van der Waals surface area (Å²) < 4.78 is 0. The van der Waals surface area contributed by atoms with Gasteiger partial charge in [0.2, 0.25) is 5.91 Å². The SMILES string of the molecule is CCc1ccc(C(NC)c2ccc3c(c2)CCC(=O)N3)s1. The summed E-state index contributed by atoms with van der Waals surface area (Å²) in [6.45, 7) is 2.19. The van der Waals surface area contributed by atoms with Gasteiger partial charge in [-0.2, -0.15) is 0 Å². The minimum absolute atomic E-state index is 0.117. The molecule has 0 aliphatic carbocycles. The minimum atomic E-state index is 0.117. The van der Waals surface area contributed by atoms with Crippen LogP contribution < -0.4 is 10.6 Å². The molecule has 110 valence electrons. The van der Waals surface area contributed by atoms with E-state index < -0.39 is 0 Å². The molecule has 1 aliphatic heterocycles. The summed E-state index contributed by atoms with van der Waals surface area (Å²) in [5, 5.41) is 6.35. The van der Waals surface area contributed by atoms with Crippen LogP contribution in [0.3, 0.4) is 0 Å². The monoisotopic (exact) mass is 300 g/mol. The van der Waals surface area contributed by atoms with Crippen molar-refractivity contribution in [2.75, 3.05) is 12.4 Å². The Morgan fingerprint density at radius 2 is 2.14 bits per heavy atom. The van der Waals surface area contributed by atoms with E-state index in [-0.39, 0.29) is 11.9 Å². The van der Waals surface area contributed by atoms with Gasteiger partial charge in [-0.05, 0) is 49.2 Å². The van der Waals surface area contributed by atoms with Gasteiger partial charge >= 0.3 is 0 Å². The first-order chi connectivity index (χ1) is 10.2. The van der Waals surface area contributed by atoms with E-state index in [1.54, 1.807) is 0 Å². The zero-order chi connectivity index (χ0) is 14.8. The summed E-state index contributed by atoms with van der Waals surface area (Å²) in [5.41, 5.74) is 3.46. The number of rotatable bonds is 4. The summed E-state index contributed by atoms with van der Waals surface area (Å²) in [4.78, 5) is 14.2. The highest BCUT2D eigenvalue weighted by atomic mass is 32.1. The number of carbonyl (C=O) groups excluding carboxylic acids is 1. The first kappa shape index (κ1) is 14.3. The van der Waals surface area contributed by atoms with E-state index in [0.29, 0.717) is 6.42 Å². The summed E-state index contributed by atoms with van der Waals surface area (Å²) >= 11 is 1.87. The first-order valence-electron chi connectivity index (χ1n) is 7.39. The standard InChI is InChI=1S/C17H20N2OS/c1-3-13-6-8-15(21-13)17(18-2)12-4-7-14-11(10-12)5-9-16(20)19-14/h4,6-8,10,17-18H,3,5,9H2,1-2H3,(H,19,20). The second-order valence-corrected chi connectivity index (χ2v) is 6.54. The molecule has 1 amide bonds. The van der Waals surface area contributed by atoms with E-state index >= 15 is 0 Å². The van der Waals surface area contributed by atoms with E-state index in [1.807, 2.05) is 24.5 Å². The maximum Gasteiger partial charge on any atom is 0.224 e. The van der Waals surface area contributed by atoms with Crippen LogP contribution in [-0.4, -0.2) is 13.0 Å². The van der Waals surface area contributed by atoms with Gasteiger partial charge in [-0.1, -0.05) is 19.1 Å². The molecule has 2 N–H and O–H groups in total. The molecule has 2 heterocycles. The Morgan fingerprint density at radius 3 is 2.86 bits per heavy atom. The van der Waals surface area contributed by atoms with E-state index in [4.69, 9.17) is 0 Å². The molecule has 2 aromatic rings. The summed E-state index contributed by atoms with van der Waals surface area (Å²) in [5.74, 6) is 0.117. The van der Waals surface area contributed by atoms with Gasteiger partial charge in [0.1, 0.15) is 0 Å². The summed E-state index contributed by atoms with van der Waals surface area (Å²) in [7, 11) is 2.00. The molecular weight excluding hydrogens is 280 g/mol. The van der Waals surface area contributed by atoms with E-state index in [1.165, 1.54) is 20.9 Å². The molecular formula is C17H20N2OS. The van der Waals surface area contributed by atoms with E-state index in [2.05, 4.69) is 41.8 Å². The third kappa shape index (κ3) is 2.87. The number of anilines is 1. The fraction of sp³-hybridized carbons (Fsp3) is 0.353. The second kappa shape index (κ2) is 6.00. The quantitative estimate of drug-likeness (QED) is 0.907. The molecule has 1 unspecified atom stereocenters. The zero-order valence-corrected chi connectivity index (χ0v) is 13.2. The van der Waals surface area contributed by atoms with Crippen LogP contribution in [-0.2, 0) is 17.6 Å². The average molecular weight is 300 g/mol. The van der Waals surface area contributed by atoms with Crippen molar-refractivity contribution in [3.63, 3.8) is 0 Å². The molecule has 3 nitrogen and oxygen atoms in total. The van der Waals surface area contributed by atoms with Crippen molar-refractivity contribution in [3.05, 3.63) is 51.2 Å². The van der Waals surface area contributed by atoms with Crippen LogP contribution in [0.2, 0.25) is 0 Å². The van der Waals surface area contributed by atoms with Crippen molar-refractivity contribution >= 4 is 22.9 Å². The molecule has 4 heteroatoms. The highest BCUT2D eigenvalue weighted by Gasteiger charge is 2.19. The van der Waals surface area contributed by atoms with Crippen molar-refractivity contribution in [3.8, 4) is 0 Å². The van der Waals surface area contributed by atoms with Crippen molar-refractivity contribution in [1.29, 1.82) is 0 Å². The van der Waals surface area contributed by atoms with E-state index in [0.717, 1.165) is 18.5 Å². The summed E-state index contributed by atoms with van der Waals surface area (Å²) in [6, 6.07) is 11.0. The molecule has 0 spiro atoms. The predicted octanol–water partition coefficient (Wildman–Crippen LogP) is 3.50. The highest BCUT2D eigenvalue weighted by molar-refractivity contribution is 7.12. The van der Waals surface area contributed by atoms with Gasteiger partial charge in [0.25, 0.3) is 0 Å². The van der Waals surface area contributed by atoms with Gasteiger partial charge in [-0.3, -0.25) is 4.79 Å². The lowest BCUT2D eigenvalue weighted by atomic mass is 9.96. The van der Waals surface area contributed by atoms with Crippen molar-refractivity contribution in [1.82, 2.24) is 5.32 Å². The molecule has 0 fully saturated rings. The number of amides is 1. The Labute approximate surface area is 129 Å². The van der Waals surface area contributed by atoms with Gasteiger partial charge in [0.15, 0.2) is 0 Å². The van der Waals surface area contributed by atoms with Crippen LogP contribution in [0.15, 0.2) is 30.3 Å². The van der Waals surface area contributed by atoms with Gasteiger partial charge in [-0.15, -0.1) is 11.3 Å². The number of carbonyl (C=O) groups is 1. The minimum Gasteiger partial charge on any atom is -0.326 e. The fourth-order valence-corrected chi connectivity index (χ4v) is 3.89. The van der Waals surface area contributed by atoms with Crippen molar-refractivity contribution in [2.45, 2.75) is 32.2 Å². The Bertz CT molecular complexity index is 663. The Balaban J connectivity index is 1.92. The van der Waals surface area contributed by atoms with Crippen LogP contribution in [0.25, 0.3) is 0 Å². The van der Waals surface area contributed by atoms with Crippen LogP contribution in [0.5, 0.6) is 0 Å². The number of thiophene rings is 1. The lowest BCUT2D eigenvalue weighted by Gasteiger charge is -2.21. The molecule has 21 heavy (non-hydrogen) atoms. The molecule has 1 aromatic heterocycles. The highest BCUT2D eigenvalue weighted by Crippen LogP contribution is 2.32. The molecule has 0 bridgehead atoms. The third-order valence-electron chi connectivity index (χ3n) is 3.96. The Kier molecular flexibility index (Phi) is 4.08. The van der Waals surface area contributed by atoms with Gasteiger partial charge in [0.05, 0.1) is 6.04 Å². The molecule has 0 saturated carbocycles. The van der Waals surface area contributed by atoms with Gasteiger partial charge in [-0.25, -0.2) is 0 Å². The van der Waals surface area contributed by atoms with Crippen LogP contribution in [0.1, 0.15) is 40.3 Å². The van der Waals surface area contributed by atoms with E-state index in [9.17, 15) is 4.79 Å². The topological polar surface area (TPSA) is 41.1 Å². The largest absolute Gasteiger partial charge is 0.326 e. The Morgan fingerprint density at radius 1 is 1.29 bits per heavy atom. The van der Waals surface area contributed by atoms with Crippen LogP contribution >= 0.6 is 11.3 Å². The molecule has 3 rings (SSSR count). The maximum atomic E-state index is 11.4. The number of fused-ring (bicyclic) bond motifs is 1. The molecule has 1 atom stereocenters. The fourth-order valence-electron chi connectivity index (χ4n) is 2.80. The van der Waals surface area contributed by atoms with Gasteiger partial charge < -0.3 is 10.6 Å². The number of hydrogen-bond donors (Lipinski definition) is 2. The van der Waals surface area contributed by atoms with Crippen LogP contribution in [0.4, 0.5) is 5.69 Å². The maximum absolute atomic E-state index is 11.4. The van der Waals surface area contributed by atoms with Crippen molar-refractivity contribution in [2.24, 2.45) is 0 Å². The lowest BCUT2D eigenvalue weighted by molar-refractivity contribution is -0.116. The second-order valence-electron chi connectivity index (χ2n) is 5.34. The van der Waals surface area contributed by atoms with Gasteiger partial charge in [0, 0.05) is 21.9 Å².